The Morgan fingerprint density at radius 2 is 1.67 bits per heavy atom. The highest BCUT2D eigenvalue weighted by Crippen LogP contribution is 2.32. The standard InChI is InChI=1S/C13H18BrCl/c1-3-13(4-2,10-15)9-11-5-7-12(14)8-6-11/h5-8H,3-4,9-10H2,1-2H3. The van der Waals surface area contributed by atoms with Gasteiger partial charge < -0.3 is 0 Å². The van der Waals surface area contributed by atoms with E-state index in [1.807, 2.05) is 0 Å². The zero-order valence-electron chi connectivity index (χ0n) is 9.39. The SMILES string of the molecule is CCC(CC)(CCl)Cc1ccc(Br)cc1. The van der Waals surface area contributed by atoms with Crippen LogP contribution in [0.1, 0.15) is 32.3 Å². The molecule has 0 N–H and O–H groups in total. The number of hydrogen-bond donors (Lipinski definition) is 0. The third-order valence-corrected chi connectivity index (χ3v) is 4.37. The summed E-state index contributed by atoms with van der Waals surface area (Å²) in [4.78, 5) is 0. The normalized spacial score (nSPS) is 11.7. The van der Waals surface area contributed by atoms with Crippen molar-refractivity contribution < 1.29 is 0 Å². The quantitative estimate of drug-likeness (QED) is 0.666. The van der Waals surface area contributed by atoms with E-state index in [-0.39, 0.29) is 5.41 Å². The lowest BCUT2D eigenvalue weighted by atomic mass is 9.79. The average Bonchev–Trinajstić information content (AvgIpc) is 2.29. The van der Waals surface area contributed by atoms with Crippen molar-refractivity contribution in [3.05, 3.63) is 34.3 Å². The molecule has 0 aliphatic heterocycles. The molecule has 0 saturated carbocycles. The summed E-state index contributed by atoms with van der Waals surface area (Å²) in [7, 11) is 0. The molecule has 84 valence electrons. The van der Waals surface area contributed by atoms with Crippen LogP contribution in [0.25, 0.3) is 0 Å². The molecule has 1 aromatic rings. The predicted octanol–water partition coefficient (Wildman–Crippen LogP) is 5.04. The van der Waals surface area contributed by atoms with Crippen LogP contribution < -0.4 is 0 Å². The first-order valence-corrected chi connectivity index (χ1v) is 6.79. The first-order valence-electron chi connectivity index (χ1n) is 5.46. The molecule has 0 fully saturated rings. The fourth-order valence-electron chi connectivity index (χ4n) is 1.77. The molecule has 0 amide bonds. The summed E-state index contributed by atoms with van der Waals surface area (Å²) in [6.45, 7) is 4.45. The van der Waals surface area contributed by atoms with Gasteiger partial charge in [0.1, 0.15) is 0 Å². The Bertz CT molecular complexity index is 280. The minimum atomic E-state index is 0.273. The molecule has 0 atom stereocenters. The van der Waals surface area contributed by atoms with Crippen LogP contribution >= 0.6 is 27.5 Å². The molecule has 0 radical (unpaired) electrons. The van der Waals surface area contributed by atoms with Crippen molar-refractivity contribution in [3.63, 3.8) is 0 Å². The van der Waals surface area contributed by atoms with Crippen molar-refractivity contribution in [2.75, 3.05) is 5.88 Å². The molecule has 1 rings (SSSR count). The lowest BCUT2D eigenvalue weighted by molar-refractivity contribution is 0.302. The molecule has 0 unspecified atom stereocenters. The third-order valence-electron chi connectivity index (χ3n) is 3.28. The van der Waals surface area contributed by atoms with E-state index >= 15 is 0 Å². The summed E-state index contributed by atoms with van der Waals surface area (Å²) in [6, 6.07) is 8.55. The molecular weight excluding hydrogens is 272 g/mol. The number of rotatable bonds is 5. The van der Waals surface area contributed by atoms with Crippen LogP contribution in [0.3, 0.4) is 0 Å². The second-order valence-electron chi connectivity index (χ2n) is 4.14. The summed E-state index contributed by atoms with van der Waals surface area (Å²) in [6.07, 6.45) is 3.36. The Morgan fingerprint density at radius 3 is 2.07 bits per heavy atom. The van der Waals surface area contributed by atoms with E-state index in [1.54, 1.807) is 0 Å². The molecule has 15 heavy (non-hydrogen) atoms. The second-order valence-corrected chi connectivity index (χ2v) is 5.33. The molecule has 0 nitrogen and oxygen atoms in total. The van der Waals surface area contributed by atoms with Crippen molar-refractivity contribution in [2.45, 2.75) is 33.1 Å². The maximum Gasteiger partial charge on any atom is 0.0282 e. The van der Waals surface area contributed by atoms with Gasteiger partial charge in [0, 0.05) is 10.4 Å². The maximum absolute atomic E-state index is 6.10. The fraction of sp³-hybridized carbons (Fsp3) is 0.538. The Hall–Kier alpha value is -0.0100. The largest absolute Gasteiger partial charge is 0.126 e. The van der Waals surface area contributed by atoms with Gasteiger partial charge in [-0.05, 0) is 42.4 Å². The zero-order chi connectivity index (χ0) is 11.3. The molecule has 0 aliphatic rings. The summed E-state index contributed by atoms with van der Waals surface area (Å²) in [5.74, 6) is 0.746. The molecule has 2 heteroatoms. The van der Waals surface area contributed by atoms with E-state index in [1.165, 1.54) is 5.56 Å². The van der Waals surface area contributed by atoms with E-state index in [0.29, 0.717) is 0 Å². The zero-order valence-corrected chi connectivity index (χ0v) is 11.7. The van der Waals surface area contributed by atoms with Crippen molar-refractivity contribution in [1.82, 2.24) is 0 Å². The van der Waals surface area contributed by atoms with Crippen molar-refractivity contribution >= 4 is 27.5 Å². The lowest BCUT2D eigenvalue weighted by Crippen LogP contribution is -2.24. The predicted molar refractivity (Wildman–Crippen MR) is 71.6 cm³/mol. The Balaban J connectivity index is 2.78. The molecule has 0 aliphatic carbocycles. The van der Waals surface area contributed by atoms with Gasteiger partial charge in [-0.1, -0.05) is 41.9 Å². The van der Waals surface area contributed by atoms with Gasteiger partial charge in [0.05, 0.1) is 0 Å². The van der Waals surface area contributed by atoms with Crippen molar-refractivity contribution in [2.24, 2.45) is 5.41 Å². The number of halogens is 2. The van der Waals surface area contributed by atoms with Crippen LogP contribution in [0.4, 0.5) is 0 Å². The first kappa shape index (κ1) is 13.1. The summed E-state index contributed by atoms with van der Waals surface area (Å²) >= 11 is 9.55. The number of benzene rings is 1. The highest BCUT2D eigenvalue weighted by atomic mass is 79.9. The van der Waals surface area contributed by atoms with Crippen molar-refractivity contribution in [1.29, 1.82) is 0 Å². The maximum atomic E-state index is 6.10. The van der Waals surface area contributed by atoms with Gasteiger partial charge in [0.25, 0.3) is 0 Å². The third kappa shape index (κ3) is 3.49. The molecule has 0 spiro atoms. The van der Waals surface area contributed by atoms with Gasteiger partial charge in [-0.3, -0.25) is 0 Å². The van der Waals surface area contributed by atoms with Crippen LogP contribution in [0.15, 0.2) is 28.7 Å². The van der Waals surface area contributed by atoms with Gasteiger partial charge >= 0.3 is 0 Å². The van der Waals surface area contributed by atoms with E-state index in [9.17, 15) is 0 Å². The van der Waals surface area contributed by atoms with E-state index in [4.69, 9.17) is 11.6 Å². The topological polar surface area (TPSA) is 0 Å². The van der Waals surface area contributed by atoms with Crippen LogP contribution in [0.5, 0.6) is 0 Å². The minimum Gasteiger partial charge on any atom is -0.126 e. The second kappa shape index (κ2) is 5.91. The fourth-order valence-corrected chi connectivity index (χ4v) is 2.51. The van der Waals surface area contributed by atoms with E-state index in [2.05, 4.69) is 54.0 Å². The average molecular weight is 290 g/mol. The monoisotopic (exact) mass is 288 g/mol. The smallest absolute Gasteiger partial charge is 0.0282 e. The van der Waals surface area contributed by atoms with Gasteiger partial charge in [0.15, 0.2) is 0 Å². The van der Waals surface area contributed by atoms with Crippen LogP contribution in [0.2, 0.25) is 0 Å². The van der Waals surface area contributed by atoms with Crippen LogP contribution in [-0.2, 0) is 6.42 Å². The molecule has 0 aromatic heterocycles. The summed E-state index contributed by atoms with van der Waals surface area (Å²) < 4.78 is 1.13. The molecular formula is C13H18BrCl. The molecule has 0 bridgehead atoms. The number of hydrogen-bond acceptors (Lipinski definition) is 0. The highest BCUT2D eigenvalue weighted by Gasteiger charge is 2.25. The Labute approximate surface area is 106 Å². The van der Waals surface area contributed by atoms with E-state index in [0.717, 1.165) is 29.6 Å². The first-order chi connectivity index (χ1) is 7.15. The summed E-state index contributed by atoms with van der Waals surface area (Å²) in [5, 5.41) is 0. The van der Waals surface area contributed by atoms with Crippen LogP contribution in [0, 0.1) is 5.41 Å². The molecule has 0 heterocycles. The van der Waals surface area contributed by atoms with Gasteiger partial charge in [0.2, 0.25) is 0 Å². The molecule has 0 saturated heterocycles. The minimum absolute atomic E-state index is 0.273. The summed E-state index contributed by atoms with van der Waals surface area (Å²) in [5.41, 5.74) is 1.65. The lowest BCUT2D eigenvalue weighted by Gasteiger charge is -2.29. The number of alkyl halides is 1. The Morgan fingerprint density at radius 1 is 1.13 bits per heavy atom. The van der Waals surface area contributed by atoms with Crippen LogP contribution in [-0.4, -0.2) is 5.88 Å². The van der Waals surface area contributed by atoms with Gasteiger partial charge in [-0.25, -0.2) is 0 Å². The van der Waals surface area contributed by atoms with E-state index < -0.39 is 0 Å². The van der Waals surface area contributed by atoms with Crippen molar-refractivity contribution in [3.8, 4) is 0 Å². The van der Waals surface area contributed by atoms with Gasteiger partial charge in [-0.15, -0.1) is 11.6 Å². The molecule has 1 aromatic carbocycles. The Kier molecular flexibility index (Phi) is 5.14. The highest BCUT2D eigenvalue weighted by molar-refractivity contribution is 9.10. The van der Waals surface area contributed by atoms with Gasteiger partial charge in [-0.2, -0.15) is 0 Å².